The van der Waals surface area contributed by atoms with Crippen LogP contribution in [-0.4, -0.2) is 20.6 Å². The van der Waals surface area contributed by atoms with Crippen LogP contribution >= 0.6 is 11.6 Å². The monoisotopic (exact) mass is 255 g/mol. The lowest BCUT2D eigenvalue weighted by Gasteiger charge is -2.07. The molecule has 15 heavy (non-hydrogen) atoms. The molecule has 0 amide bonds. The molecule has 0 bridgehead atoms. The van der Waals surface area contributed by atoms with E-state index in [4.69, 9.17) is 17.3 Å². The highest BCUT2D eigenvalue weighted by molar-refractivity contribution is 7.91. The van der Waals surface area contributed by atoms with Gasteiger partial charge in [-0.2, -0.15) is 0 Å². The summed E-state index contributed by atoms with van der Waals surface area (Å²) in [4.78, 5) is -0.352. The normalized spacial score (nSPS) is 12.0. The standard InChI is InChI=1S/C8H8ClF2NO2S/c9-5-1-2-6(12)7(3-5)15(13,14)4-8(10)11/h1-3,8H,4,12H2. The third kappa shape index (κ3) is 3.04. The van der Waals surface area contributed by atoms with Gasteiger partial charge in [0.1, 0.15) is 5.75 Å². The van der Waals surface area contributed by atoms with Gasteiger partial charge < -0.3 is 5.73 Å². The lowest BCUT2D eigenvalue weighted by Crippen LogP contribution is -2.15. The maximum absolute atomic E-state index is 12.0. The van der Waals surface area contributed by atoms with Crippen LogP contribution in [0.1, 0.15) is 0 Å². The third-order valence-electron chi connectivity index (χ3n) is 1.66. The Labute approximate surface area is 90.8 Å². The molecule has 1 rings (SSSR count). The molecule has 3 nitrogen and oxygen atoms in total. The fourth-order valence-electron chi connectivity index (χ4n) is 1.03. The zero-order valence-corrected chi connectivity index (χ0v) is 9.02. The fraction of sp³-hybridized carbons (Fsp3) is 0.250. The van der Waals surface area contributed by atoms with Gasteiger partial charge in [0, 0.05) is 5.02 Å². The number of sulfone groups is 1. The molecule has 0 fully saturated rings. The summed E-state index contributed by atoms with van der Waals surface area (Å²) in [5.41, 5.74) is 5.29. The van der Waals surface area contributed by atoms with E-state index in [0.29, 0.717) is 0 Å². The van der Waals surface area contributed by atoms with Gasteiger partial charge in [-0.15, -0.1) is 0 Å². The molecule has 84 valence electrons. The zero-order chi connectivity index (χ0) is 11.6. The van der Waals surface area contributed by atoms with Crippen molar-refractivity contribution in [2.45, 2.75) is 11.3 Å². The maximum Gasteiger partial charge on any atom is 0.252 e. The van der Waals surface area contributed by atoms with Crippen LogP contribution in [0.25, 0.3) is 0 Å². The first kappa shape index (κ1) is 12.2. The molecule has 0 radical (unpaired) electrons. The molecule has 0 heterocycles. The van der Waals surface area contributed by atoms with Gasteiger partial charge in [-0.1, -0.05) is 11.6 Å². The second kappa shape index (κ2) is 4.32. The second-order valence-corrected chi connectivity index (χ2v) is 5.29. The molecule has 1 aromatic carbocycles. The summed E-state index contributed by atoms with van der Waals surface area (Å²) in [6.45, 7) is 0. The molecule has 0 aliphatic heterocycles. The first-order chi connectivity index (χ1) is 6.83. The zero-order valence-electron chi connectivity index (χ0n) is 7.45. The Kier molecular flexibility index (Phi) is 3.51. The predicted molar refractivity (Wildman–Crippen MR) is 53.9 cm³/mol. The van der Waals surface area contributed by atoms with Crippen molar-refractivity contribution < 1.29 is 17.2 Å². The van der Waals surface area contributed by atoms with Crippen molar-refractivity contribution in [1.82, 2.24) is 0 Å². The largest absolute Gasteiger partial charge is 0.398 e. The first-order valence-electron chi connectivity index (χ1n) is 3.89. The molecule has 0 aliphatic rings. The van der Waals surface area contributed by atoms with E-state index in [2.05, 4.69) is 0 Å². The molecule has 0 aliphatic carbocycles. The lowest BCUT2D eigenvalue weighted by atomic mass is 10.3. The Bertz CT molecular complexity index is 462. The van der Waals surface area contributed by atoms with Gasteiger partial charge in [-0.3, -0.25) is 0 Å². The van der Waals surface area contributed by atoms with Crippen molar-refractivity contribution in [3.05, 3.63) is 23.2 Å². The van der Waals surface area contributed by atoms with Crippen LogP contribution in [0.2, 0.25) is 5.02 Å². The van der Waals surface area contributed by atoms with Crippen molar-refractivity contribution in [3.63, 3.8) is 0 Å². The van der Waals surface area contributed by atoms with Gasteiger partial charge in [-0.05, 0) is 18.2 Å². The van der Waals surface area contributed by atoms with Crippen LogP contribution in [-0.2, 0) is 9.84 Å². The van der Waals surface area contributed by atoms with Crippen LogP contribution in [0.3, 0.4) is 0 Å². The molecule has 0 aromatic heterocycles. The number of rotatable bonds is 3. The summed E-state index contributed by atoms with van der Waals surface area (Å²) in [6, 6.07) is 3.72. The molecule has 7 heteroatoms. The van der Waals surface area contributed by atoms with E-state index in [1.165, 1.54) is 12.1 Å². The van der Waals surface area contributed by atoms with Crippen LogP contribution in [0, 0.1) is 0 Å². The Hall–Kier alpha value is -0.880. The third-order valence-corrected chi connectivity index (χ3v) is 3.61. The van der Waals surface area contributed by atoms with Gasteiger partial charge in [-0.25, -0.2) is 17.2 Å². The van der Waals surface area contributed by atoms with Crippen molar-refractivity contribution in [2.24, 2.45) is 0 Å². The minimum atomic E-state index is -4.07. The summed E-state index contributed by atoms with van der Waals surface area (Å²) in [5.74, 6) is -1.25. The second-order valence-electron chi connectivity index (χ2n) is 2.85. The number of nitrogen functional groups attached to an aromatic ring is 1. The average Bonchev–Trinajstić information content (AvgIpc) is 2.06. The highest BCUT2D eigenvalue weighted by Gasteiger charge is 2.22. The van der Waals surface area contributed by atoms with Crippen LogP contribution in [0.5, 0.6) is 0 Å². The minimum absolute atomic E-state index is 0.0833. The summed E-state index contributed by atoms with van der Waals surface area (Å²) in [7, 11) is -4.07. The molecule has 1 aromatic rings. The number of halogens is 3. The van der Waals surface area contributed by atoms with E-state index >= 15 is 0 Å². The van der Waals surface area contributed by atoms with Gasteiger partial charge >= 0.3 is 0 Å². The number of benzene rings is 1. The highest BCUT2D eigenvalue weighted by Crippen LogP contribution is 2.24. The molecular weight excluding hydrogens is 248 g/mol. The SMILES string of the molecule is Nc1ccc(Cl)cc1S(=O)(=O)CC(F)F. The van der Waals surface area contributed by atoms with E-state index in [9.17, 15) is 17.2 Å². The Balaban J connectivity index is 3.21. The van der Waals surface area contributed by atoms with Crippen LogP contribution in [0.15, 0.2) is 23.1 Å². The summed E-state index contributed by atoms with van der Waals surface area (Å²) < 4.78 is 46.8. The maximum atomic E-state index is 12.0. The van der Waals surface area contributed by atoms with Crippen LogP contribution < -0.4 is 5.73 Å². The van der Waals surface area contributed by atoms with Gasteiger partial charge in [0.25, 0.3) is 6.43 Å². The number of hydrogen-bond donors (Lipinski definition) is 1. The highest BCUT2D eigenvalue weighted by atomic mass is 35.5. The molecule has 0 saturated heterocycles. The Morgan fingerprint density at radius 3 is 2.53 bits per heavy atom. The van der Waals surface area contributed by atoms with Crippen molar-refractivity contribution in [2.75, 3.05) is 11.5 Å². The smallest absolute Gasteiger partial charge is 0.252 e. The number of anilines is 1. The van der Waals surface area contributed by atoms with Crippen molar-refractivity contribution in [1.29, 1.82) is 0 Å². The quantitative estimate of drug-likeness (QED) is 0.840. The number of hydrogen-bond acceptors (Lipinski definition) is 3. The molecule has 0 spiro atoms. The number of alkyl halides is 2. The van der Waals surface area contributed by atoms with E-state index in [1.54, 1.807) is 0 Å². The topological polar surface area (TPSA) is 60.2 Å². The Morgan fingerprint density at radius 1 is 1.40 bits per heavy atom. The molecular formula is C8H8ClF2NO2S. The van der Waals surface area contributed by atoms with Crippen molar-refractivity contribution in [3.8, 4) is 0 Å². The van der Waals surface area contributed by atoms with Gasteiger partial charge in [0.2, 0.25) is 0 Å². The van der Waals surface area contributed by atoms with E-state index < -0.39 is 22.0 Å². The van der Waals surface area contributed by atoms with Crippen LogP contribution in [0.4, 0.5) is 14.5 Å². The first-order valence-corrected chi connectivity index (χ1v) is 5.92. The van der Waals surface area contributed by atoms with E-state index in [0.717, 1.165) is 6.07 Å². The molecule has 0 saturated carbocycles. The van der Waals surface area contributed by atoms with Gasteiger partial charge in [0.15, 0.2) is 9.84 Å². The number of nitrogens with two attached hydrogens (primary N) is 1. The average molecular weight is 256 g/mol. The summed E-state index contributed by atoms with van der Waals surface area (Å²) in [5, 5.41) is 0.136. The van der Waals surface area contributed by atoms with Gasteiger partial charge in [0.05, 0.1) is 10.6 Å². The van der Waals surface area contributed by atoms with E-state index in [-0.39, 0.29) is 15.6 Å². The molecule has 0 atom stereocenters. The summed E-state index contributed by atoms with van der Waals surface area (Å²) >= 11 is 5.55. The summed E-state index contributed by atoms with van der Waals surface area (Å²) in [6.07, 6.45) is -2.94. The fourth-order valence-corrected chi connectivity index (χ4v) is 2.51. The predicted octanol–water partition coefficient (Wildman–Crippen LogP) is 1.96. The minimum Gasteiger partial charge on any atom is -0.398 e. The molecule has 0 unspecified atom stereocenters. The Morgan fingerprint density at radius 2 is 2.00 bits per heavy atom. The molecule has 2 N–H and O–H groups in total. The lowest BCUT2D eigenvalue weighted by molar-refractivity contribution is 0.174. The van der Waals surface area contributed by atoms with E-state index in [1.807, 2.05) is 0 Å². The van der Waals surface area contributed by atoms with Crippen molar-refractivity contribution >= 4 is 27.1 Å².